The number of allylic oxidation sites excluding steroid dienone is 2. The largest absolute Gasteiger partial charge is 0.393 e. The highest BCUT2D eigenvalue weighted by Crippen LogP contribution is 2.64. The fraction of sp³-hybridized carbons (Fsp3) is 0.762. The van der Waals surface area contributed by atoms with Crippen molar-refractivity contribution < 1.29 is 15.0 Å². The molecule has 3 heteroatoms. The zero-order chi connectivity index (χ0) is 17.3. The van der Waals surface area contributed by atoms with Crippen LogP contribution in [0.15, 0.2) is 23.3 Å². The SMILES string of the molecule is CC(=O)C1=CC[C@H]2[C@@H]3[C@@H](O)C=C4C[C@@H](O)CC[C@]4(C)[C@H]3CC[C@]12C. The van der Waals surface area contributed by atoms with Gasteiger partial charge in [-0.3, -0.25) is 4.79 Å². The Hall–Kier alpha value is -0.930. The molecule has 2 saturated carbocycles. The van der Waals surface area contributed by atoms with E-state index < -0.39 is 6.10 Å². The fourth-order valence-corrected chi connectivity index (χ4v) is 6.75. The monoisotopic (exact) mass is 330 g/mol. The van der Waals surface area contributed by atoms with Gasteiger partial charge in [-0.15, -0.1) is 0 Å². The molecule has 2 N–H and O–H groups in total. The molecule has 4 aliphatic carbocycles. The molecule has 4 rings (SSSR count). The van der Waals surface area contributed by atoms with Crippen molar-refractivity contribution in [2.45, 2.75) is 71.5 Å². The number of Topliss-reactive ketones (excluding diaryl/α,β-unsaturated/α-hetero) is 1. The summed E-state index contributed by atoms with van der Waals surface area (Å²) in [6, 6.07) is 0. The molecule has 132 valence electrons. The fourth-order valence-electron chi connectivity index (χ4n) is 6.75. The van der Waals surface area contributed by atoms with E-state index in [1.165, 1.54) is 5.57 Å². The molecule has 0 saturated heterocycles. The van der Waals surface area contributed by atoms with Crippen LogP contribution in [0.1, 0.15) is 59.3 Å². The molecule has 0 unspecified atom stereocenters. The van der Waals surface area contributed by atoms with Gasteiger partial charge >= 0.3 is 0 Å². The van der Waals surface area contributed by atoms with Gasteiger partial charge in [-0.2, -0.15) is 0 Å². The van der Waals surface area contributed by atoms with E-state index in [1.54, 1.807) is 6.92 Å². The summed E-state index contributed by atoms with van der Waals surface area (Å²) in [5.74, 6) is 1.28. The van der Waals surface area contributed by atoms with E-state index in [2.05, 4.69) is 26.0 Å². The minimum Gasteiger partial charge on any atom is -0.393 e. The molecule has 0 aromatic rings. The molecule has 0 bridgehead atoms. The first-order valence-corrected chi connectivity index (χ1v) is 9.56. The predicted octanol–water partition coefficient (Wildman–Crippen LogP) is 3.41. The van der Waals surface area contributed by atoms with Gasteiger partial charge < -0.3 is 10.2 Å². The number of ketones is 1. The maximum atomic E-state index is 12.1. The number of aliphatic hydroxyl groups excluding tert-OH is 2. The second kappa shape index (κ2) is 5.28. The molecule has 0 spiro atoms. The van der Waals surface area contributed by atoms with Crippen molar-refractivity contribution in [2.24, 2.45) is 28.6 Å². The molecule has 0 radical (unpaired) electrons. The molecular formula is C21H30O3. The third-order valence-electron chi connectivity index (χ3n) is 8.06. The third kappa shape index (κ3) is 2.07. The van der Waals surface area contributed by atoms with Crippen molar-refractivity contribution in [1.29, 1.82) is 0 Å². The number of aliphatic hydroxyl groups is 2. The normalized spacial score (nSPS) is 50.3. The van der Waals surface area contributed by atoms with E-state index in [0.717, 1.165) is 44.1 Å². The zero-order valence-electron chi connectivity index (χ0n) is 15.1. The number of fused-ring (bicyclic) bond motifs is 5. The first kappa shape index (κ1) is 16.5. The van der Waals surface area contributed by atoms with Crippen LogP contribution in [-0.4, -0.2) is 28.2 Å². The van der Waals surface area contributed by atoms with Crippen molar-refractivity contribution in [3.63, 3.8) is 0 Å². The minimum atomic E-state index is -0.437. The van der Waals surface area contributed by atoms with Crippen LogP contribution in [-0.2, 0) is 4.79 Å². The van der Waals surface area contributed by atoms with E-state index in [1.807, 2.05) is 0 Å². The van der Waals surface area contributed by atoms with Crippen LogP contribution < -0.4 is 0 Å². The molecule has 3 nitrogen and oxygen atoms in total. The van der Waals surface area contributed by atoms with Crippen LogP contribution >= 0.6 is 0 Å². The summed E-state index contributed by atoms with van der Waals surface area (Å²) >= 11 is 0. The maximum Gasteiger partial charge on any atom is 0.156 e. The van der Waals surface area contributed by atoms with E-state index in [9.17, 15) is 15.0 Å². The van der Waals surface area contributed by atoms with Crippen molar-refractivity contribution in [3.05, 3.63) is 23.3 Å². The first-order valence-electron chi connectivity index (χ1n) is 9.56. The molecule has 0 amide bonds. The summed E-state index contributed by atoms with van der Waals surface area (Å²) in [7, 11) is 0. The van der Waals surface area contributed by atoms with Gasteiger partial charge in [0.2, 0.25) is 0 Å². The summed E-state index contributed by atoms with van der Waals surface area (Å²) < 4.78 is 0. The van der Waals surface area contributed by atoms with E-state index >= 15 is 0 Å². The highest BCUT2D eigenvalue weighted by molar-refractivity contribution is 5.95. The second-order valence-electron chi connectivity index (χ2n) is 9.15. The highest BCUT2D eigenvalue weighted by atomic mass is 16.3. The van der Waals surface area contributed by atoms with E-state index in [0.29, 0.717) is 11.8 Å². The Kier molecular flexibility index (Phi) is 3.64. The van der Waals surface area contributed by atoms with E-state index in [4.69, 9.17) is 0 Å². The van der Waals surface area contributed by atoms with Crippen molar-refractivity contribution in [2.75, 3.05) is 0 Å². The molecule has 4 aliphatic rings. The summed E-state index contributed by atoms with van der Waals surface area (Å²) in [6.45, 7) is 6.28. The maximum absolute atomic E-state index is 12.1. The van der Waals surface area contributed by atoms with Crippen molar-refractivity contribution >= 4 is 5.78 Å². The third-order valence-corrected chi connectivity index (χ3v) is 8.06. The van der Waals surface area contributed by atoms with Crippen LogP contribution in [0.25, 0.3) is 0 Å². The van der Waals surface area contributed by atoms with Gasteiger partial charge in [-0.05, 0) is 79.6 Å². The van der Waals surface area contributed by atoms with Crippen LogP contribution in [0, 0.1) is 28.6 Å². The number of hydrogen-bond acceptors (Lipinski definition) is 3. The highest BCUT2D eigenvalue weighted by Gasteiger charge is 2.59. The average molecular weight is 330 g/mol. The Morgan fingerprint density at radius 1 is 1.12 bits per heavy atom. The molecular weight excluding hydrogens is 300 g/mol. The Labute approximate surface area is 144 Å². The smallest absolute Gasteiger partial charge is 0.156 e. The van der Waals surface area contributed by atoms with Gasteiger partial charge in [0.15, 0.2) is 5.78 Å². The molecule has 7 atom stereocenters. The topological polar surface area (TPSA) is 57.5 Å². The van der Waals surface area contributed by atoms with Crippen LogP contribution in [0.2, 0.25) is 0 Å². The summed E-state index contributed by atoms with van der Waals surface area (Å²) in [5, 5.41) is 21.0. The average Bonchev–Trinajstić information content (AvgIpc) is 2.86. The van der Waals surface area contributed by atoms with Gasteiger partial charge in [-0.1, -0.05) is 31.6 Å². The summed E-state index contributed by atoms with van der Waals surface area (Å²) in [6.07, 6.45) is 9.16. The Morgan fingerprint density at radius 3 is 2.54 bits per heavy atom. The van der Waals surface area contributed by atoms with Gasteiger partial charge in [0.1, 0.15) is 0 Å². The van der Waals surface area contributed by atoms with Gasteiger partial charge in [0.05, 0.1) is 12.2 Å². The Balaban J connectivity index is 1.72. The van der Waals surface area contributed by atoms with Gasteiger partial charge in [0, 0.05) is 0 Å². The van der Waals surface area contributed by atoms with Crippen LogP contribution in [0.3, 0.4) is 0 Å². The Morgan fingerprint density at radius 2 is 1.83 bits per heavy atom. The molecule has 0 aliphatic heterocycles. The van der Waals surface area contributed by atoms with E-state index in [-0.39, 0.29) is 28.6 Å². The van der Waals surface area contributed by atoms with Crippen LogP contribution in [0.5, 0.6) is 0 Å². The van der Waals surface area contributed by atoms with Crippen molar-refractivity contribution in [1.82, 2.24) is 0 Å². The molecule has 24 heavy (non-hydrogen) atoms. The standard InChI is InChI=1S/C21H30O3/c1-12(22)15-4-5-16-19-17(7-9-21(15,16)3)20(2)8-6-14(23)10-13(20)11-18(19)24/h4,11,14,16-19,23-24H,5-10H2,1-3H3/t14-,16-,17-,18-,19-,20-,21+/m0/s1. The summed E-state index contributed by atoms with van der Waals surface area (Å²) in [4.78, 5) is 12.1. The number of carbonyl (C=O) groups is 1. The molecule has 0 aromatic heterocycles. The number of hydrogen-bond donors (Lipinski definition) is 2. The second-order valence-corrected chi connectivity index (χ2v) is 9.15. The quantitative estimate of drug-likeness (QED) is 0.725. The lowest BCUT2D eigenvalue weighted by atomic mass is 9.46. The molecule has 0 aromatic carbocycles. The lowest BCUT2D eigenvalue weighted by Gasteiger charge is -2.58. The van der Waals surface area contributed by atoms with Gasteiger partial charge in [-0.25, -0.2) is 0 Å². The molecule has 0 heterocycles. The molecule has 2 fully saturated rings. The minimum absolute atomic E-state index is 0.0656. The predicted molar refractivity (Wildman–Crippen MR) is 93.2 cm³/mol. The van der Waals surface area contributed by atoms with Crippen molar-refractivity contribution in [3.8, 4) is 0 Å². The summed E-state index contributed by atoms with van der Waals surface area (Å²) in [5.41, 5.74) is 2.32. The first-order chi connectivity index (χ1) is 11.3. The number of rotatable bonds is 1. The lowest BCUT2D eigenvalue weighted by molar-refractivity contribution is -0.117. The Bertz CT molecular complexity index is 633. The lowest BCUT2D eigenvalue weighted by Crippen LogP contribution is -2.54. The van der Waals surface area contributed by atoms with Gasteiger partial charge in [0.25, 0.3) is 0 Å². The number of carbonyl (C=O) groups excluding carboxylic acids is 1. The van der Waals surface area contributed by atoms with Crippen LogP contribution in [0.4, 0.5) is 0 Å². The zero-order valence-corrected chi connectivity index (χ0v) is 15.1.